The number of ether oxygens (including phenoxy) is 1. The lowest BCUT2D eigenvalue weighted by atomic mass is 10.0. The molecule has 0 aromatic heterocycles. The third-order valence-electron chi connectivity index (χ3n) is 5.05. The van der Waals surface area contributed by atoms with E-state index in [9.17, 15) is 0 Å². The summed E-state index contributed by atoms with van der Waals surface area (Å²) in [5.74, 6) is 2.85. The van der Waals surface area contributed by atoms with E-state index in [0.717, 1.165) is 37.1 Å². The van der Waals surface area contributed by atoms with Crippen LogP contribution in [0.4, 0.5) is 0 Å². The number of hydrogen-bond donors (Lipinski definition) is 2. The molecule has 2 fully saturated rings. The van der Waals surface area contributed by atoms with Gasteiger partial charge in [-0.3, -0.25) is 4.99 Å². The Morgan fingerprint density at radius 1 is 1.26 bits per heavy atom. The summed E-state index contributed by atoms with van der Waals surface area (Å²) in [5.41, 5.74) is 1.82. The van der Waals surface area contributed by atoms with Crippen LogP contribution in [0.3, 0.4) is 0 Å². The number of benzene rings is 1. The Hall–Kier alpha value is -0.980. The first kappa shape index (κ1) is 18.4. The molecule has 0 atom stereocenters. The molecule has 128 valence electrons. The molecule has 0 unspecified atom stereocenters. The van der Waals surface area contributed by atoms with Gasteiger partial charge in [0.1, 0.15) is 5.75 Å². The molecule has 1 aromatic rings. The summed E-state index contributed by atoms with van der Waals surface area (Å²) in [7, 11) is 3.56. The highest BCUT2D eigenvalue weighted by Gasteiger charge is 2.53. The van der Waals surface area contributed by atoms with Crippen LogP contribution in [-0.4, -0.2) is 33.2 Å². The topological polar surface area (TPSA) is 45.7 Å². The maximum atomic E-state index is 5.39. The van der Waals surface area contributed by atoms with Gasteiger partial charge in [0, 0.05) is 20.1 Å². The zero-order chi connectivity index (χ0) is 15.4. The lowest BCUT2D eigenvalue weighted by molar-refractivity contribution is 0.409. The van der Waals surface area contributed by atoms with Crippen molar-refractivity contribution in [3.8, 4) is 5.75 Å². The lowest BCUT2D eigenvalue weighted by Crippen LogP contribution is -2.41. The number of guanidine groups is 1. The largest absolute Gasteiger partial charge is 0.496 e. The number of para-hydroxylation sites is 1. The van der Waals surface area contributed by atoms with Crippen molar-refractivity contribution in [3.05, 3.63) is 29.8 Å². The van der Waals surface area contributed by atoms with Gasteiger partial charge in [-0.15, -0.1) is 24.0 Å². The van der Waals surface area contributed by atoms with Gasteiger partial charge >= 0.3 is 0 Å². The van der Waals surface area contributed by atoms with Crippen molar-refractivity contribution in [1.82, 2.24) is 10.6 Å². The molecule has 1 aromatic carbocycles. The zero-order valence-corrected chi connectivity index (χ0v) is 16.4. The molecule has 2 aliphatic carbocycles. The summed E-state index contributed by atoms with van der Waals surface area (Å²) >= 11 is 0. The number of nitrogens with zero attached hydrogens (tertiary/aromatic N) is 1. The normalized spacial score (nSPS) is 18.8. The first-order chi connectivity index (χ1) is 10.8. The van der Waals surface area contributed by atoms with Crippen LogP contribution in [0.15, 0.2) is 29.3 Å². The van der Waals surface area contributed by atoms with Crippen LogP contribution in [-0.2, 0) is 6.42 Å². The summed E-state index contributed by atoms with van der Waals surface area (Å²) in [6, 6.07) is 8.18. The number of halogens is 1. The molecule has 0 heterocycles. The maximum Gasteiger partial charge on any atom is 0.191 e. The van der Waals surface area contributed by atoms with Crippen molar-refractivity contribution in [3.63, 3.8) is 0 Å². The van der Waals surface area contributed by atoms with Gasteiger partial charge in [0.2, 0.25) is 0 Å². The van der Waals surface area contributed by atoms with E-state index in [2.05, 4.69) is 27.8 Å². The molecule has 5 heteroatoms. The van der Waals surface area contributed by atoms with Gasteiger partial charge in [-0.25, -0.2) is 0 Å². The van der Waals surface area contributed by atoms with Crippen LogP contribution in [0, 0.1) is 11.3 Å². The Labute approximate surface area is 156 Å². The molecule has 0 aliphatic heterocycles. The summed E-state index contributed by atoms with van der Waals surface area (Å²) in [6.07, 6.45) is 6.58. The molecular weight excluding hydrogens is 401 g/mol. The Morgan fingerprint density at radius 2 is 2.00 bits per heavy atom. The van der Waals surface area contributed by atoms with Crippen LogP contribution in [0.1, 0.15) is 31.2 Å². The van der Waals surface area contributed by atoms with E-state index in [1.165, 1.54) is 31.2 Å². The maximum absolute atomic E-state index is 5.39. The fourth-order valence-electron chi connectivity index (χ4n) is 3.29. The molecule has 0 amide bonds. The average molecular weight is 429 g/mol. The van der Waals surface area contributed by atoms with Crippen molar-refractivity contribution in [1.29, 1.82) is 0 Å². The van der Waals surface area contributed by atoms with E-state index in [-0.39, 0.29) is 24.0 Å². The Kier molecular flexibility index (Phi) is 6.56. The van der Waals surface area contributed by atoms with Crippen LogP contribution < -0.4 is 15.4 Å². The van der Waals surface area contributed by atoms with Crippen molar-refractivity contribution in [2.24, 2.45) is 16.3 Å². The molecule has 0 spiro atoms. The molecule has 0 radical (unpaired) electrons. The summed E-state index contributed by atoms with van der Waals surface area (Å²) in [6.45, 7) is 1.93. The number of methoxy groups -OCH3 is 1. The predicted molar refractivity (Wildman–Crippen MR) is 106 cm³/mol. The number of nitrogens with one attached hydrogen (secondary N) is 2. The van der Waals surface area contributed by atoms with E-state index < -0.39 is 0 Å². The van der Waals surface area contributed by atoms with Crippen molar-refractivity contribution >= 4 is 29.9 Å². The van der Waals surface area contributed by atoms with E-state index in [1.807, 2.05) is 19.2 Å². The van der Waals surface area contributed by atoms with E-state index >= 15 is 0 Å². The fourth-order valence-corrected chi connectivity index (χ4v) is 3.29. The molecule has 4 nitrogen and oxygen atoms in total. The second-order valence-electron chi connectivity index (χ2n) is 6.55. The molecule has 0 saturated heterocycles. The minimum atomic E-state index is 0. The molecule has 2 N–H and O–H groups in total. The van der Waals surface area contributed by atoms with E-state index in [4.69, 9.17) is 4.74 Å². The van der Waals surface area contributed by atoms with Gasteiger partial charge in [-0.2, -0.15) is 0 Å². The standard InChI is InChI=1S/C18H27N3O.HI/c1-19-17(21-13-18(10-11-18)15-7-8-15)20-12-9-14-5-3-4-6-16(14)22-2;/h3-6,15H,7-13H2,1-2H3,(H2,19,20,21);1H. The molecule has 23 heavy (non-hydrogen) atoms. The average Bonchev–Trinajstić information content (AvgIpc) is 3.43. The summed E-state index contributed by atoms with van der Waals surface area (Å²) in [4.78, 5) is 4.34. The quantitative estimate of drug-likeness (QED) is 0.398. The lowest BCUT2D eigenvalue weighted by Gasteiger charge is -2.18. The van der Waals surface area contributed by atoms with Crippen LogP contribution in [0.25, 0.3) is 0 Å². The predicted octanol–water partition coefficient (Wildman–Crippen LogP) is 3.21. The fraction of sp³-hybridized carbons (Fsp3) is 0.611. The van der Waals surface area contributed by atoms with Gasteiger partial charge in [-0.1, -0.05) is 18.2 Å². The van der Waals surface area contributed by atoms with Crippen molar-refractivity contribution < 1.29 is 4.74 Å². The van der Waals surface area contributed by atoms with Gasteiger partial charge in [0.25, 0.3) is 0 Å². The smallest absolute Gasteiger partial charge is 0.191 e. The van der Waals surface area contributed by atoms with Crippen LogP contribution >= 0.6 is 24.0 Å². The first-order valence-corrected chi connectivity index (χ1v) is 8.34. The number of rotatable bonds is 7. The highest BCUT2D eigenvalue weighted by Crippen LogP contribution is 2.60. The highest BCUT2D eigenvalue weighted by molar-refractivity contribution is 14.0. The Morgan fingerprint density at radius 3 is 2.61 bits per heavy atom. The SMILES string of the molecule is CN=C(NCCc1ccccc1OC)NCC1(C2CC2)CC1.I. The molecule has 2 saturated carbocycles. The molecule has 2 aliphatic rings. The van der Waals surface area contributed by atoms with Crippen LogP contribution in [0.2, 0.25) is 0 Å². The minimum Gasteiger partial charge on any atom is -0.496 e. The second-order valence-corrected chi connectivity index (χ2v) is 6.55. The van der Waals surface area contributed by atoms with Gasteiger partial charge in [-0.05, 0) is 55.1 Å². The molecule has 0 bridgehead atoms. The molecular formula is C18H28IN3O. The Balaban J connectivity index is 0.00000192. The van der Waals surface area contributed by atoms with Crippen LogP contribution in [0.5, 0.6) is 5.75 Å². The number of hydrogen-bond acceptors (Lipinski definition) is 2. The third kappa shape index (κ3) is 4.75. The third-order valence-corrected chi connectivity index (χ3v) is 5.05. The number of aliphatic imine (C=N–C) groups is 1. The van der Waals surface area contributed by atoms with E-state index in [0.29, 0.717) is 5.41 Å². The highest BCUT2D eigenvalue weighted by atomic mass is 127. The van der Waals surface area contributed by atoms with Crippen molar-refractivity contribution in [2.45, 2.75) is 32.1 Å². The van der Waals surface area contributed by atoms with Gasteiger partial charge in [0.15, 0.2) is 5.96 Å². The Bertz CT molecular complexity index is 539. The van der Waals surface area contributed by atoms with Gasteiger partial charge in [0.05, 0.1) is 7.11 Å². The minimum absolute atomic E-state index is 0. The van der Waals surface area contributed by atoms with Crippen molar-refractivity contribution in [2.75, 3.05) is 27.2 Å². The van der Waals surface area contributed by atoms with E-state index in [1.54, 1.807) is 7.11 Å². The monoisotopic (exact) mass is 429 g/mol. The molecule has 3 rings (SSSR count). The van der Waals surface area contributed by atoms with Gasteiger partial charge < -0.3 is 15.4 Å². The zero-order valence-electron chi connectivity index (χ0n) is 14.1. The summed E-state index contributed by atoms with van der Waals surface area (Å²) < 4.78 is 5.39. The summed E-state index contributed by atoms with van der Waals surface area (Å²) in [5, 5.41) is 6.93. The first-order valence-electron chi connectivity index (χ1n) is 8.34. The second kappa shape index (κ2) is 8.22.